The summed E-state index contributed by atoms with van der Waals surface area (Å²) in [5.74, 6) is 0.282. The molecule has 0 fully saturated rings. The number of halogens is 1. The number of rotatable bonds is 3. The van der Waals surface area contributed by atoms with E-state index < -0.39 is 0 Å². The number of fused-ring (bicyclic) bond motifs is 2. The molecule has 0 saturated carbocycles. The Kier molecular flexibility index (Phi) is 3.87. The first kappa shape index (κ1) is 16.3. The summed E-state index contributed by atoms with van der Waals surface area (Å²) >= 11 is 0. The SMILES string of the molecule is Fc1ccccc1-c1cc(Nc2nccc3cccnc23)c2ncccc2n1. The predicted octanol–water partition coefficient (Wildman–Crippen LogP) is 5.12. The largest absolute Gasteiger partial charge is 0.337 e. The first-order valence-electron chi connectivity index (χ1n) is 8.77. The summed E-state index contributed by atoms with van der Waals surface area (Å²) in [6.45, 7) is 0. The Balaban J connectivity index is 1.71. The summed E-state index contributed by atoms with van der Waals surface area (Å²) in [4.78, 5) is 17.9. The van der Waals surface area contributed by atoms with Crippen LogP contribution in [0, 0.1) is 5.82 Å². The highest BCUT2D eigenvalue weighted by Gasteiger charge is 2.13. The van der Waals surface area contributed by atoms with Crippen LogP contribution in [-0.2, 0) is 0 Å². The highest BCUT2D eigenvalue weighted by Crippen LogP contribution is 2.31. The molecule has 5 rings (SSSR count). The quantitative estimate of drug-likeness (QED) is 0.479. The van der Waals surface area contributed by atoms with Crippen molar-refractivity contribution < 1.29 is 4.39 Å². The molecule has 5 aromatic rings. The number of hydrogen-bond acceptors (Lipinski definition) is 5. The molecule has 0 aliphatic rings. The Morgan fingerprint density at radius 2 is 1.57 bits per heavy atom. The Hall–Kier alpha value is -3.93. The van der Waals surface area contributed by atoms with Crippen molar-refractivity contribution in [1.29, 1.82) is 0 Å². The molecule has 1 N–H and O–H groups in total. The summed E-state index contributed by atoms with van der Waals surface area (Å²) in [5, 5.41) is 4.29. The minimum atomic E-state index is -0.325. The lowest BCUT2D eigenvalue weighted by atomic mass is 10.1. The van der Waals surface area contributed by atoms with Crippen molar-refractivity contribution in [3.8, 4) is 11.3 Å². The molecule has 0 unspecified atom stereocenters. The van der Waals surface area contributed by atoms with Gasteiger partial charge in [-0.3, -0.25) is 9.97 Å². The van der Waals surface area contributed by atoms with Gasteiger partial charge in [-0.05, 0) is 42.5 Å². The van der Waals surface area contributed by atoms with Gasteiger partial charge >= 0.3 is 0 Å². The standard InChI is InChI=1S/C22H14FN5/c23-16-7-2-1-6-15(16)18-13-19(21-17(27-18)8-4-11-25-21)28-22-20-14(9-12-26-22)5-3-10-24-20/h1-13H,(H,26,27,28). The molecule has 0 amide bonds. The zero-order valence-corrected chi connectivity index (χ0v) is 14.7. The summed E-state index contributed by atoms with van der Waals surface area (Å²) in [6, 6.07) is 17.8. The number of pyridine rings is 4. The number of nitrogens with one attached hydrogen (secondary N) is 1. The maximum absolute atomic E-state index is 14.3. The van der Waals surface area contributed by atoms with Crippen molar-refractivity contribution in [2.45, 2.75) is 0 Å². The maximum Gasteiger partial charge on any atom is 0.157 e. The maximum atomic E-state index is 14.3. The monoisotopic (exact) mass is 367 g/mol. The Bertz CT molecular complexity index is 1310. The van der Waals surface area contributed by atoms with E-state index in [0.717, 1.165) is 10.9 Å². The van der Waals surface area contributed by atoms with Crippen LogP contribution in [0.5, 0.6) is 0 Å². The van der Waals surface area contributed by atoms with Gasteiger partial charge < -0.3 is 5.32 Å². The van der Waals surface area contributed by atoms with E-state index in [4.69, 9.17) is 0 Å². The smallest absolute Gasteiger partial charge is 0.157 e. The Labute approximate surface area is 160 Å². The number of benzene rings is 1. The van der Waals surface area contributed by atoms with Crippen LogP contribution in [0.15, 0.2) is 79.3 Å². The van der Waals surface area contributed by atoms with Crippen LogP contribution in [-0.4, -0.2) is 19.9 Å². The van der Waals surface area contributed by atoms with Crippen LogP contribution in [0.3, 0.4) is 0 Å². The molecule has 0 aliphatic carbocycles. The van der Waals surface area contributed by atoms with E-state index in [-0.39, 0.29) is 5.82 Å². The Morgan fingerprint density at radius 3 is 2.46 bits per heavy atom. The van der Waals surface area contributed by atoms with Gasteiger partial charge in [0.1, 0.15) is 16.9 Å². The topological polar surface area (TPSA) is 63.6 Å². The number of nitrogens with zero attached hydrogens (tertiary/aromatic N) is 4. The van der Waals surface area contributed by atoms with Gasteiger partial charge in [-0.15, -0.1) is 0 Å². The lowest BCUT2D eigenvalue weighted by Gasteiger charge is -2.12. The third-order valence-corrected chi connectivity index (χ3v) is 4.49. The van der Waals surface area contributed by atoms with Crippen molar-refractivity contribution in [3.63, 3.8) is 0 Å². The predicted molar refractivity (Wildman–Crippen MR) is 108 cm³/mol. The van der Waals surface area contributed by atoms with E-state index in [0.29, 0.717) is 33.8 Å². The van der Waals surface area contributed by atoms with Crippen molar-refractivity contribution >= 4 is 33.4 Å². The van der Waals surface area contributed by atoms with Crippen LogP contribution in [0.4, 0.5) is 15.9 Å². The summed E-state index contributed by atoms with van der Waals surface area (Å²) in [7, 11) is 0. The molecule has 6 heteroatoms. The fourth-order valence-corrected chi connectivity index (χ4v) is 3.19. The van der Waals surface area contributed by atoms with Crippen LogP contribution in [0.2, 0.25) is 0 Å². The van der Waals surface area contributed by atoms with Gasteiger partial charge in [0.25, 0.3) is 0 Å². The molecular weight excluding hydrogens is 353 g/mol. The number of aromatic nitrogens is 4. The van der Waals surface area contributed by atoms with Crippen LogP contribution < -0.4 is 5.32 Å². The molecule has 4 aromatic heterocycles. The normalized spacial score (nSPS) is 11.0. The third-order valence-electron chi connectivity index (χ3n) is 4.49. The van der Waals surface area contributed by atoms with Gasteiger partial charge in [0, 0.05) is 29.5 Å². The molecule has 0 aliphatic heterocycles. The average molecular weight is 367 g/mol. The van der Waals surface area contributed by atoms with Gasteiger partial charge in [0.2, 0.25) is 0 Å². The average Bonchev–Trinajstić information content (AvgIpc) is 2.74. The first-order valence-corrected chi connectivity index (χ1v) is 8.77. The zero-order valence-electron chi connectivity index (χ0n) is 14.7. The number of hydrogen-bond donors (Lipinski definition) is 1. The minimum Gasteiger partial charge on any atom is -0.337 e. The number of anilines is 2. The van der Waals surface area contributed by atoms with Crippen LogP contribution in [0.25, 0.3) is 33.2 Å². The zero-order chi connectivity index (χ0) is 18.9. The van der Waals surface area contributed by atoms with Crippen LogP contribution in [0.1, 0.15) is 0 Å². The molecule has 0 radical (unpaired) electrons. The van der Waals surface area contributed by atoms with Gasteiger partial charge in [0.15, 0.2) is 5.82 Å². The molecule has 28 heavy (non-hydrogen) atoms. The molecule has 0 spiro atoms. The van der Waals surface area contributed by atoms with Crippen molar-refractivity contribution in [1.82, 2.24) is 19.9 Å². The summed E-state index contributed by atoms with van der Waals surface area (Å²) in [6.07, 6.45) is 5.15. The highest BCUT2D eigenvalue weighted by atomic mass is 19.1. The van der Waals surface area contributed by atoms with Gasteiger partial charge in [-0.25, -0.2) is 14.4 Å². The molecule has 4 heterocycles. The molecule has 0 bridgehead atoms. The third kappa shape index (κ3) is 2.81. The van der Waals surface area contributed by atoms with E-state index in [2.05, 4.69) is 25.3 Å². The van der Waals surface area contributed by atoms with Gasteiger partial charge in [0.05, 0.1) is 16.9 Å². The fourth-order valence-electron chi connectivity index (χ4n) is 3.19. The second-order valence-electron chi connectivity index (χ2n) is 6.27. The van der Waals surface area contributed by atoms with E-state index in [1.165, 1.54) is 6.07 Å². The van der Waals surface area contributed by atoms with E-state index in [9.17, 15) is 4.39 Å². The van der Waals surface area contributed by atoms with Gasteiger partial charge in [-0.2, -0.15) is 0 Å². The van der Waals surface area contributed by atoms with Crippen molar-refractivity contribution in [3.05, 3.63) is 85.1 Å². The summed E-state index contributed by atoms with van der Waals surface area (Å²) in [5.41, 5.74) is 3.73. The van der Waals surface area contributed by atoms with E-state index >= 15 is 0 Å². The Morgan fingerprint density at radius 1 is 0.750 bits per heavy atom. The molecular formula is C22H14FN5. The molecule has 134 valence electrons. The van der Waals surface area contributed by atoms with Crippen molar-refractivity contribution in [2.75, 3.05) is 5.32 Å². The molecule has 1 aromatic carbocycles. The highest BCUT2D eigenvalue weighted by molar-refractivity contribution is 5.96. The van der Waals surface area contributed by atoms with E-state index in [1.807, 2.05) is 30.3 Å². The first-order chi connectivity index (χ1) is 13.8. The second-order valence-corrected chi connectivity index (χ2v) is 6.27. The van der Waals surface area contributed by atoms with Crippen molar-refractivity contribution in [2.24, 2.45) is 0 Å². The molecule has 5 nitrogen and oxygen atoms in total. The van der Waals surface area contributed by atoms with Gasteiger partial charge in [-0.1, -0.05) is 18.2 Å². The molecule has 0 atom stereocenters. The molecule has 0 saturated heterocycles. The van der Waals surface area contributed by atoms with E-state index in [1.54, 1.807) is 42.9 Å². The lowest BCUT2D eigenvalue weighted by Crippen LogP contribution is -2.00. The minimum absolute atomic E-state index is 0.325. The summed E-state index contributed by atoms with van der Waals surface area (Å²) < 4.78 is 14.3. The lowest BCUT2D eigenvalue weighted by molar-refractivity contribution is 0.631. The fraction of sp³-hybridized carbons (Fsp3) is 0. The second kappa shape index (κ2) is 6.66. The van der Waals surface area contributed by atoms with Crippen LogP contribution >= 0.6 is 0 Å².